The van der Waals surface area contributed by atoms with Gasteiger partial charge in [-0.3, -0.25) is 0 Å². The number of hydrogen-bond donors (Lipinski definition) is 2. The molecule has 180 valence electrons. The van der Waals surface area contributed by atoms with Crippen LogP contribution in [0.4, 0.5) is 0 Å². The number of aromatic nitrogens is 2. The average molecular weight is 473 g/mol. The minimum Gasteiger partial charge on any atom is -0.494 e. The maximum absolute atomic E-state index is 5.99. The smallest absolute Gasteiger partial charge is 0.173 e. The lowest BCUT2D eigenvalue weighted by Gasteiger charge is -2.23. The second-order valence-corrected chi connectivity index (χ2v) is 7.97. The van der Waals surface area contributed by atoms with Gasteiger partial charge in [0.15, 0.2) is 23.0 Å². The normalized spacial score (nSPS) is 11.1. The summed E-state index contributed by atoms with van der Waals surface area (Å²) >= 11 is 0. The topological polar surface area (TPSA) is 77.7 Å². The van der Waals surface area contributed by atoms with Crippen molar-refractivity contribution >= 4 is 21.8 Å². The second-order valence-electron chi connectivity index (χ2n) is 7.97. The molecule has 3 aromatic carbocycles. The van der Waals surface area contributed by atoms with Gasteiger partial charge in [-0.2, -0.15) is 0 Å². The molecule has 5 rings (SSSR count). The Labute approximate surface area is 203 Å². The highest BCUT2D eigenvalue weighted by Crippen LogP contribution is 2.58. The van der Waals surface area contributed by atoms with Gasteiger partial charge >= 0.3 is 0 Å². The number of rotatable bonds is 8. The summed E-state index contributed by atoms with van der Waals surface area (Å²) in [6, 6.07) is 14.0. The number of aromatic amines is 2. The van der Waals surface area contributed by atoms with Crippen molar-refractivity contribution in [3.05, 3.63) is 54.9 Å². The lowest BCUT2D eigenvalue weighted by atomic mass is 9.94. The van der Waals surface area contributed by atoms with Crippen LogP contribution >= 0.6 is 0 Å². The van der Waals surface area contributed by atoms with E-state index in [2.05, 4.69) is 16.0 Å². The summed E-state index contributed by atoms with van der Waals surface area (Å²) in [5.74, 6) is 3.00. The molecule has 0 atom stereocenters. The highest BCUT2D eigenvalue weighted by Gasteiger charge is 2.31. The monoisotopic (exact) mass is 472 g/mol. The van der Waals surface area contributed by atoms with Crippen molar-refractivity contribution in [2.75, 3.05) is 35.0 Å². The zero-order valence-electron chi connectivity index (χ0n) is 20.4. The molecule has 0 spiro atoms. The van der Waals surface area contributed by atoms with E-state index in [0.717, 1.165) is 49.8 Å². The minimum atomic E-state index is 0.549. The molecule has 2 aromatic heterocycles. The molecule has 2 heterocycles. The lowest BCUT2D eigenvalue weighted by molar-refractivity contribution is 0.333. The molecule has 7 heteroatoms. The summed E-state index contributed by atoms with van der Waals surface area (Å²) in [7, 11) is 6.53. The van der Waals surface area contributed by atoms with Gasteiger partial charge in [0.05, 0.1) is 46.2 Å². The van der Waals surface area contributed by atoms with Gasteiger partial charge in [0.25, 0.3) is 0 Å². The van der Waals surface area contributed by atoms with Crippen LogP contribution in [0.15, 0.2) is 54.9 Å². The fourth-order valence-corrected chi connectivity index (χ4v) is 4.77. The number of H-pyrrole nitrogens is 2. The van der Waals surface area contributed by atoms with Crippen LogP contribution in [-0.2, 0) is 0 Å². The molecule has 2 N–H and O–H groups in total. The van der Waals surface area contributed by atoms with E-state index in [9.17, 15) is 0 Å². The summed E-state index contributed by atoms with van der Waals surface area (Å²) < 4.78 is 29.7. The summed E-state index contributed by atoms with van der Waals surface area (Å²) in [5.41, 5.74) is 5.26. The van der Waals surface area contributed by atoms with E-state index in [-0.39, 0.29) is 0 Å². The summed E-state index contributed by atoms with van der Waals surface area (Å²) in [4.78, 5) is 6.68. The molecule has 5 aromatic rings. The van der Waals surface area contributed by atoms with Gasteiger partial charge in [-0.05, 0) is 31.2 Å². The van der Waals surface area contributed by atoms with Gasteiger partial charge < -0.3 is 33.7 Å². The Morgan fingerprint density at radius 1 is 0.629 bits per heavy atom. The van der Waals surface area contributed by atoms with Crippen LogP contribution < -0.4 is 23.7 Å². The van der Waals surface area contributed by atoms with Gasteiger partial charge in [-0.1, -0.05) is 18.2 Å². The van der Waals surface area contributed by atoms with Crippen molar-refractivity contribution in [3.8, 4) is 51.0 Å². The molecule has 7 nitrogen and oxygen atoms in total. The molecule has 0 saturated carbocycles. The molecule has 0 radical (unpaired) electrons. The molecular weight excluding hydrogens is 444 g/mol. The van der Waals surface area contributed by atoms with E-state index in [0.29, 0.717) is 29.6 Å². The minimum absolute atomic E-state index is 0.549. The number of nitrogens with one attached hydrogen (secondary N) is 2. The highest BCUT2D eigenvalue weighted by atomic mass is 16.5. The van der Waals surface area contributed by atoms with Crippen molar-refractivity contribution in [1.82, 2.24) is 9.97 Å². The first-order valence-electron chi connectivity index (χ1n) is 11.4. The Bertz CT molecular complexity index is 1480. The third-order valence-electron chi connectivity index (χ3n) is 6.23. The first kappa shape index (κ1) is 22.5. The summed E-state index contributed by atoms with van der Waals surface area (Å²) in [5, 5.41) is 2.01. The predicted molar refractivity (Wildman–Crippen MR) is 138 cm³/mol. The number of hydrogen-bond acceptors (Lipinski definition) is 5. The number of ether oxygens (including phenoxy) is 5. The van der Waals surface area contributed by atoms with E-state index < -0.39 is 0 Å². The molecule has 0 aliphatic heterocycles. The van der Waals surface area contributed by atoms with Crippen LogP contribution in [0.5, 0.6) is 28.7 Å². The van der Waals surface area contributed by atoms with Crippen LogP contribution in [0, 0.1) is 0 Å². The number of para-hydroxylation sites is 1. The van der Waals surface area contributed by atoms with Gasteiger partial charge in [0.2, 0.25) is 0 Å². The Kier molecular flexibility index (Phi) is 5.91. The zero-order valence-corrected chi connectivity index (χ0v) is 20.4. The van der Waals surface area contributed by atoms with Crippen LogP contribution in [0.3, 0.4) is 0 Å². The second kappa shape index (κ2) is 9.18. The molecule has 0 saturated heterocycles. The maximum Gasteiger partial charge on any atom is 0.173 e. The van der Waals surface area contributed by atoms with Gasteiger partial charge in [-0.15, -0.1) is 0 Å². The molecule has 0 aliphatic carbocycles. The first-order chi connectivity index (χ1) is 17.2. The Hall–Kier alpha value is -4.26. The van der Waals surface area contributed by atoms with E-state index in [4.69, 9.17) is 23.7 Å². The Balaban J connectivity index is 1.87. The number of fused-ring (bicyclic) bond motifs is 2. The fraction of sp³-hybridized carbons (Fsp3) is 0.214. The average Bonchev–Trinajstić information content (AvgIpc) is 3.51. The van der Waals surface area contributed by atoms with E-state index in [1.54, 1.807) is 28.4 Å². The SMILES string of the molecule is CCOc1ccc2[nH]cc(-c3c(OC)c(OC)c(-c4c[nH]c5ccccc45)c(OC)c3OC)c2c1. The summed E-state index contributed by atoms with van der Waals surface area (Å²) in [6.45, 7) is 2.55. The highest BCUT2D eigenvalue weighted by molar-refractivity contribution is 6.06. The third-order valence-corrected chi connectivity index (χ3v) is 6.23. The van der Waals surface area contributed by atoms with E-state index in [1.165, 1.54) is 0 Å². The van der Waals surface area contributed by atoms with Crippen LogP contribution in [0.25, 0.3) is 44.1 Å². The fourth-order valence-electron chi connectivity index (χ4n) is 4.77. The van der Waals surface area contributed by atoms with Crippen LogP contribution in [0.2, 0.25) is 0 Å². The van der Waals surface area contributed by atoms with Crippen molar-refractivity contribution < 1.29 is 23.7 Å². The lowest BCUT2D eigenvalue weighted by Crippen LogP contribution is -2.02. The third kappa shape index (κ3) is 3.51. The molecule has 35 heavy (non-hydrogen) atoms. The van der Waals surface area contributed by atoms with E-state index >= 15 is 0 Å². The van der Waals surface area contributed by atoms with Crippen LogP contribution in [-0.4, -0.2) is 45.0 Å². The maximum atomic E-state index is 5.99. The number of benzene rings is 3. The molecule has 0 bridgehead atoms. The van der Waals surface area contributed by atoms with Crippen LogP contribution in [0.1, 0.15) is 6.92 Å². The Morgan fingerprint density at radius 2 is 1.14 bits per heavy atom. The van der Waals surface area contributed by atoms with Gasteiger partial charge in [0, 0.05) is 45.3 Å². The molecule has 0 aliphatic rings. The zero-order chi connectivity index (χ0) is 24.5. The molecule has 0 fully saturated rings. The molecule has 0 amide bonds. The first-order valence-corrected chi connectivity index (χ1v) is 11.4. The molecule has 0 unspecified atom stereocenters. The quantitative estimate of drug-likeness (QED) is 0.273. The van der Waals surface area contributed by atoms with Crippen molar-refractivity contribution in [1.29, 1.82) is 0 Å². The molecular formula is C28H28N2O5. The largest absolute Gasteiger partial charge is 0.494 e. The number of methoxy groups -OCH3 is 4. The van der Waals surface area contributed by atoms with E-state index in [1.807, 2.05) is 55.7 Å². The predicted octanol–water partition coefficient (Wildman–Crippen LogP) is 6.42. The van der Waals surface area contributed by atoms with Gasteiger partial charge in [0.1, 0.15) is 5.75 Å². The van der Waals surface area contributed by atoms with Crippen molar-refractivity contribution in [2.45, 2.75) is 6.92 Å². The Morgan fingerprint density at radius 3 is 1.69 bits per heavy atom. The van der Waals surface area contributed by atoms with Crippen molar-refractivity contribution in [3.63, 3.8) is 0 Å². The van der Waals surface area contributed by atoms with Crippen molar-refractivity contribution in [2.24, 2.45) is 0 Å². The summed E-state index contributed by atoms with van der Waals surface area (Å²) in [6.07, 6.45) is 3.88. The standard InChI is InChI=1S/C28H28N2O5/c1-6-35-16-11-12-22-18(13-16)20(15-30-22)24-27(33-4)25(31-2)23(26(32-3)28(24)34-5)19-14-29-21-10-8-7-9-17(19)21/h7-15,29-30H,6H2,1-5H3. The van der Waals surface area contributed by atoms with Gasteiger partial charge in [-0.25, -0.2) is 0 Å².